The Bertz CT molecular complexity index is 1270. The second-order valence-corrected chi connectivity index (χ2v) is 8.71. The molecule has 0 radical (unpaired) electrons. The summed E-state index contributed by atoms with van der Waals surface area (Å²) in [5, 5.41) is 0. The molecule has 0 saturated heterocycles. The molecule has 4 nitrogen and oxygen atoms in total. The lowest BCUT2D eigenvalue weighted by Gasteiger charge is -2.32. The largest absolute Gasteiger partial charge is 0.336 e. The first-order valence-corrected chi connectivity index (χ1v) is 11.1. The molecular formula is C28H26N2O2. The number of amides is 2. The van der Waals surface area contributed by atoms with Crippen LogP contribution in [-0.4, -0.2) is 18.4 Å². The molecule has 3 aromatic carbocycles. The van der Waals surface area contributed by atoms with Crippen LogP contribution in [0.15, 0.2) is 72.4 Å². The molecule has 0 fully saturated rings. The van der Waals surface area contributed by atoms with Crippen LogP contribution in [0.4, 0.5) is 11.4 Å². The molecule has 0 aromatic heterocycles. The maximum absolute atomic E-state index is 13.9. The van der Waals surface area contributed by atoms with Gasteiger partial charge in [-0.3, -0.25) is 9.59 Å². The van der Waals surface area contributed by atoms with Crippen molar-refractivity contribution in [2.24, 2.45) is 0 Å². The fourth-order valence-corrected chi connectivity index (χ4v) is 4.79. The SMILES string of the molecule is Cc1ccc(C2=C(N3CCCc4ccccc43)C(=O)N(c3ccc(C)cc3C)C2=O)cc1. The van der Waals surface area contributed by atoms with E-state index in [0.29, 0.717) is 23.5 Å². The monoisotopic (exact) mass is 422 g/mol. The molecule has 0 spiro atoms. The third-order valence-electron chi connectivity index (χ3n) is 6.37. The van der Waals surface area contributed by atoms with Gasteiger partial charge in [-0.1, -0.05) is 65.7 Å². The van der Waals surface area contributed by atoms with E-state index in [0.717, 1.165) is 40.8 Å². The first-order chi connectivity index (χ1) is 15.5. The fraction of sp³-hybridized carbons (Fsp3) is 0.214. The van der Waals surface area contributed by atoms with Gasteiger partial charge in [0.05, 0.1) is 11.3 Å². The van der Waals surface area contributed by atoms with Crippen molar-refractivity contribution >= 4 is 28.8 Å². The number of anilines is 2. The zero-order valence-corrected chi connectivity index (χ0v) is 18.7. The zero-order chi connectivity index (χ0) is 22.4. The normalized spacial score (nSPS) is 16.1. The van der Waals surface area contributed by atoms with E-state index in [4.69, 9.17) is 0 Å². The lowest BCUT2D eigenvalue weighted by Crippen LogP contribution is -2.37. The zero-order valence-electron chi connectivity index (χ0n) is 18.7. The molecule has 32 heavy (non-hydrogen) atoms. The minimum absolute atomic E-state index is 0.255. The molecule has 2 aliphatic rings. The average molecular weight is 423 g/mol. The number of nitrogens with zero attached hydrogens (tertiary/aromatic N) is 2. The second-order valence-electron chi connectivity index (χ2n) is 8.71. The van der Waals surface area contributed by atoms with Gasteiger partial charge in [-0.15, -0.1) is 0 Å². The number of rotatable bonds is 3. The maximum Gasteiger partial charge on any atom is 0.282 e. The Labute approximate surface area is 188 Å². The summed E-state index contributed by atoms with van der Waals surface area (Å²) in [6, 6.07) is 21.9. The molecule has 160 valence electrons. The van der Waals surface area contributed by atoms with Gasteiger partial charge < -0.3 is 4.90 Å². The first-order valence-electron chi connectivity index (χ1n) is 11.1. The van der Waals surface area contributed by atoms with Crippen molar-refractivity contribution in [2.45, 2.75) is 33.6 Å². The van der Waals surface area contributed by atoms with Crippen LogP contribution in [-0.2, 0) is 16.0 Å². The van der Waals surface area contributed by atoms with Crippen molar-refractivity contribution in [3.05, 3.63) is 100 Å². The Balaban J connectivity index is 1.71. The summed E-state index contributed by atoms with van der Waals surface area (Å²) in [4.78, 5) is 31.2. The van der Waals surface area contributed by atoms with Gasteiger partial charge in [0.1, 0.15) is 5.70 Å². The van der Waals surface area contributed by atoms with Gasteiger partial charge in [-0.25, -0.2) is 4.90 Å². The predicted molar refractivity (Wildman–Crippen MR) is 129 cm³/mol. The first kappa shape index (κ1) is 20.3. The third kappa shape index (κ3) is 3.23. The Morgan fingerprint density at radius 1 is 0.750 bits per heavy atom. The molecule has 4 heteroatoms. The maximum atomic E-state index is 13.9. The lowest BCUT2D eigenvalue weighted by atomic mass is 9.98. The number of para-hydroxylation sites is 1. The summed E-state index contributed by atoms with van der Waals surface area (Å²) in [6.45, 7) is 6.68. The van der Waals surface area contributed by atoms with Gasteiger partial charge in [0.2, 0.25) is 0 Å². The Morgan fingerprint density at radius 2 is 1.47 bits per heavy atom. The Kier molecular flexibility index (Phi) is 4.93. The minimum Gasteiger partial charge on any atom is -0.336 e. The molecule has 2 aliphatic heterocycles. The standard InChI is InChI=1S/C28H26N2O2/c1-18-10-13-22(14-11-18)25-26(29-16-6-8-21-7-4-5-9-24(21)29)28(32)30(27(25)31)23-15-12-19(2)17-20(23)3/h4-5,7,9-15,17H,6,8,16H2,1-3H3. The number of benzene rings is 3. The number of carbonyl (C=O) groups excluding carboxylic acids is 2. The lowest BCUT2D eigenvalue weighted by molar-refractivity contribution is -0.120. The van der Waals surface area contributed by atoms with E-state index in [9.17, 15) is 9.59 Å². The molecule has 0 saturated carbocycles. The van der Waals surface area contributed by atoms with E-state index in [-0.39, 0.29) is 11.8 Å². The Hall–Kier alpha value is -3.66. The van der Waals surface area contributed by atoms with E-state index >= 15 is 0 Å². The van der Waals surface area contributed by atoms with Crippen molar-refractivity contribution in [1.29, 1.82) is 0 Å². The van der Waals surface area contributed by atoms with Crippen LogP contribution in [0.1, 0.15) is 34.2 Å². The van der Waals surface area contributed by atoms with Crippen LogP contribution in [0, 0.1) is 20.8 Å². The van der Waals surface area contributed by atoms with Crippen LogP contribution in [0.3, 0.4) is 0 Å². The molecule has 0 bridgehead atoms. The van der Waals surface area contributed by atoms with E-state index in [1.165, 1.54) is 10.5 Å². The molecule has 2 amide bonds. The average Bonchev–Trinajstić information content (AvgIpc) is 3.04. The summed E-state index contributed by atoms with van der Waals surface area (Å²) < 4.78 is 0. The predicted octanol–water partition coefficient (Wildman–Crippen LogP) is 5.35. The van der Waals surface area contributed by atoms with E-state index in [1.54, 1.807) is 0 Å². The third-order valence-corrected chi connectivity index (χ3v) is 6.37. The topological polar surface area (TPSA) is 40.6 Å². The number of hydrogen-bond donors (Lipinski definition) is 0. The Morgan fingerprint density at radius 3 is 2.22 bits per heavy atom. The van der Waals surface area contributed by atoms with Crippen LogP contribution in [0.25, 0.3) is 5.57 Å². The van der Waals surface area contributed by atoms with Crippen molar-refractivity contribution in [1.82, 2.24) is 0 Å². The molecule has 3 aromatic rings. The summed E-state index contributed by atoms with van der Waals surface area (Å²) >= 11 is 0. The molecular weight excluding hydrogens is 396 g/mol. The molecule has 0 aliphatic carbocycles. The van der Waals surface area contributed by atoms with E-state index < -0.39 is 0 Å². The van der Waals surface area contributed by atoms with Gasteiger partial charge >= 0.3 is 0 Å². The highest BCUT2D eigenvalue weighted by Gasteiger charge is 2.44. The number of carbonyl (C=O) groups is 2. The van der Waals surface area contributed by atoms with Crippen LogP contribution >= 0.6 is 0 Å². The minimum atomic E-state index is -0.260. The van der Waals surface area contributed by atoms with Crippen molar-refractivity contribution in [2.75, 3.05) is 16.3 Å². The van der Waals surface area contributed by atoms with Gasteiger partial charge in [-0.05, 0) is 62.4 Å². The van der Waals surface area contributed by atoms with Crippen LogP contribution < -0.4 is 9.80 Å². The van der Waals surface area contributed by atoms with Gasteiger partial charge in [-0.2, -0.15) is 0 Å². The van der Waals surface area contributed by atoms with Gasteiger partial charge in [0.15, 0.2) is 0 Å². The number of fused-ring (bicyclic) bond motifs is 1. The van der Waals surface area contributed by atoms with Crippen molar-refractivity contribution in [3.8, 4) is 0 Å². The highest BCUT2D eigenvalue weighted by molar-refractivity contribution is 6.46. The highest BCUT2D eigenvalue weighted by atomic mass is 16.2. The quantitative estimate of drug-likeness (QED) is 0.534. The summed E-state index contributed by atoms with van der Waals surface area (Å²) in [7, 11) is 0. The summed E-state index contributed by atoms with van der Waals surface area (Å²) in [6.07, 6.45) is 1.91. The van der Waals surface area contributed by atoms with Crippen molar-refractivity contribution < 1.29 is 9.59 Å². The van der Waals surface area contributed by atoms with Gasteiger partial charge in [0.25, 0.3) is 11.8 Å². The van der Waals surface area contributed by atoms with Crippen LogP contribution in [0.2, 0.25) is 0 Å². The number of aryl methyl sites for hydroxylation is 4. The molecule has 0 N–H and O–H groups in total. The van der Waals surface area contributed by atoms with E-state index in [2.05, 4.69) is 11.0 Å². The molecule has 0 atom stereocenters. The smallest absolute Gasteiger partial charge is 0.282 e. The van der Waals surface area contributed by atoms with Crippen molar-refractivity contribution in [3.63, 3.8) is 0 Å². The van der Waals surface area contributed by atoms with Gasteiger partial charge in [0, 0.05) is 12.2 Å². The molecule has 0 unspecified atom stereocenters. The number of hydrogen-bond acceptors (Lipinski definition) is 3. The van der Waals surface area contributed by atoms with E-state index in [1.807, 2.05) is 81.4 Å². The number of imide groups is 1. The summed E-state index contributed by atoms with van der Waals surface area (Å²) in [5.41, 5.74) is 7.73. The fourth-order valence-electron chi connectivity index (χ4n) is 4.79. The van der Waals surface area contributed by atoms with Crippen LogP contribution in [0.5, 0.6) is 0 Å². The summed E-state index contributed by atoms with van der Waals surface area (Å²) in [5.74, 6) is -0.516. The molecule has 5 rings (SSSR count). The molecule has 2 heterocycles. The highest BCUT2D eigenvalue weighted by Crippen LogP contribution is 2.40. The second kappa shape index (κ2) is 7.79.